The van der Waals surface area contributed by atoms with E-state index in [0.29, 0.717) is 6.42 Å². The van der Waals surface area contributed by atoms with Crippen LogP contribution < -0.4 is 0 Å². The highest BCUT2D eigenvalue weighted by atomic mass is 28.3. The Morgan fingerprint density at radius 3 is 2.29 bits per heavy atom. The number of hydrogen-bond acceptors (Lipinski definition) is 3. The molecule has 0 radical (unpaired) electrons. The van der Waals surface area contributed by atoms with E-state index >= 15 is 0 Å². The van der Waals surface area contributed by atoms with Crippen molar-refractivity contribution in [3.8, 4) is 0 Å². The molecule has 0 aromatic heterocycles. The molecule has 14 heavy (non-hydrogen) atoms. The molecule has 0 spiro atoms. The lowest BCUT2D eigenvalue weighted by molar-refractivity contribution is -0.113. The van der Waals surface area contributed by atoms with Gasteiger partial charge in [-0.3, -0.25) is 4.79 Å². The second-order valence-corrected chi connectivity index (χ2v) is 9.86. The number of rotatable bonds is 2. The lowest BCUT2D eigenvalue weighted by Crippen LogP contribution is -2.40. The Bertz CT molecular complexity index is 255. The molecule has 0 amide bonds. The molecule has 0 saturated heterocycles. The smallest absolute Gasteiger partial charge is 0.178 e. The average Bonchev–Trinajstić information content (AvgIpc) is 2.07. The van der Waals surface area contributed by atoms with E-state index in [0.717, 1.165) is 25.0 Å². The van der Waals surface area contributed by atoms with Crippen molar-refractivity contribution in [1.29, 1.82) is 0 Å². The van der Waals surface area contributed by atoms with Gasteiger partial charge >= 0.3 is 0 Å². The molecule has 0 heterocycles. The van der Waals surface area contributed by atoms with Gasteiger partial charge in [0.05, 0.1) is 0 Å². The number of ketones is 1. The first-order valence-corrected chi connectivity index (χ1v) is 8.70. The lowest BCUT2D eigenvalue weighted by Gasteiger charge is -2.28. The summed E-state index contributed by atoms with van der Waals surface area (Å²) in [7, 11) is 0.607. The van der Waals surface area contributed by atoms with E-state index in [4.69, 9.17) is 0 Å². The third-order valence-electron chi connectivity index (χ3n) is 2.63. The molecule has 3 nitrogen and oxygen atoms in total. The van der Waals surface area contributed by atoms with Gasteiger partial charge in [-0.25, -0.2) is 0 Å². The number of hydrazone groups is 1. The minimum atomic E-state index is -1.38. The van der Waals surface area contributed by atoms with E-state index in [1.807, 2.05) is 11.7 Å². The maximum Gasteiger partial charge on any atom is 0.178 e. The molecule has 4 heteroatoms. The maximum absolute atomic E-state index is 11.5. The Kier molecular flexibility index (Phi) is 3.47. The van der Waals surface area contributed by atoms with Crippen LogP contribution in [0.25, 0.3) is 0 Å². The Morgan fingerprint density at radius 1 is 1.21 bits per heavy atom. The number of carbonyl (C=O) groups excluding carboxylic acids is 1. The van der Waals surface area contributed by atoms with E-state index in [1.54, 1.807) is 0 Å². The summed E-state index contributed by atoms with van der Waals surface area (Å²) in [5.74, 6) is 0.251. The fraction of sp³-hybridized carbons (Fsp3) is 0.800. The van der Waals surface area contributed by atoms with Crippen LogP contribution in [0.15, 0.2) is 5.10 Å². The Hall–Kier alpha value is -0.643. The fourth-order valence-electron chi connectivity index (χ4n) is 1.30. The van der Waals surface area contributed by atoms with Crippen molar-refractivity contribution in [3.63, 3.8) is 0 Å². The third-order valence-corrected chi connectivity index (χ3v) is 4.67. The van der Waals surface area contributed by atoms with Gasteiger partial charge in [-0.05, 0) is 19.3 Å². The standard InChI is InChI=1S/C10H20N2OSi/c1-12(14(2,3)4)11-9-7-5-6-8-10(9)13/h5-8H2,1-4H3/b11-9-. The summed E-state index contributed by atoms with van der Waals surface area (Å²) in [6.07, 6.45) is 3.71. The highest BCUT2D eigenvalue weighted by Crippen LogP contribution is 2.14. The van der Waals surface area contributed by atoms with Gasteiger partial charge in [-0.1, -0.05) is 19.6 Å². The van der Waals surface area contributed by atoms with Gasteiger partial charge in [0.1, 0.15) is 5.71 Å². The van der Waals surface area contributed by atoms with Crippen LogP contribution in [-0.4, -0.2) is 31.5 Å². The van der Waals surface area contributed by atoms with Crippen molar-refractivity contribution in [3.05, 3.63) is 0 Å². The molecule has 1 aliphatic carbocycles. The van der Waals surface area contributed by atoms with Gasteiger partial charge in [-0.15, -0.1) is 0 Å². The van der Waals surface area contributed by atoms with E-state index in [1.165, 1.54) is 0 Å². The molecule has 0 N–H and O–H groups in total. The second kappa shape index (κ2) is 4.25. The van der Waals surface area contributed by atoms with Crippen molar-refractivity contribution in [1.82, 2.24) is 4.67 Å². The zero-order chi connectivity index (χ0) is 10.8. The summed E-state index contributed by atoms with van der Waals surface area (Å²) in [6.45, 7) is 6.68. The number of carbonyl (C=O) groups is 1. The quantitative estimate of drug-likeness (QED) is 0.519. The molecular formula is C10H20N2OSi. The molecule has 1 rings (SSSR count). The van der Waals surface area contributed by atoms with Crippen LogP contribution in [0.2, 0.25) is 19.6 Å². The summed E-state index contributed by atoms with van der Waals surface area (Å²) in [5, 5.41) is 4.45. The summed E-state index contributed by atoms with van der Waals surface area (Å²) >= 11 is 0. The minimum absolute atomic E-state index is 0.251. The zero-order valence-electron chi connectivity index (χ0n) is 9.63. The van der Waals surface area contributed by atoms with E-state index in [2.05, 4.69) is 24.7 Å². The Balaban J connectivity index is 2.71. The molecule has 0 aliphatic heterocycles. The van der Waals surface area contributed by atoms with Gasteiger partial charge in [0, 0.05) is 13.5 Å². The molecule has 0 aromatic rings. The van der Waals surface area contributed by atoms with E-state index in [-0.39, 0.29) is 5.78 Å². The molecular weight excluding hydrogens is 192 g/mol. The molecule has 1 fully saturated rings. The van der Waals surface area contributed by atoms with Crippen molar-refractivity contribution in [2.45, 2.75) is 45.3 Å². The highest BCUT2D eigenvalue weighted by molar-refractivity contribution is 6.73. The number of nitrogens with zero attached hydrogens (tertiary/aromatic N) is 2. The third kappa shape index (κ3) is 2.94. The van der Waals surface area contributed by atoms with Crippen molar-refractivity contribution in [2.24, 2.45) is 5.10 Å². The first kappa shape index (κ1) is 11.4. The summed E-state index contributed by atoms with van der Waals surface area (Å²) in [4.78, 5) is 11.5. The summed E-state index contributed by atoms with van der Waals surface area (Å²) in [5.41, 5.74) is 0.793. The summed E-state index contributed by atoms with van der Waals surface area (Å²) < 4.78 is 2.02. The van der Waals surface area contributed by atoms with E-state index < -0.39 is 8.24 Å². The molecule has 80 valence electrons. The molecule has 0 aromatic carbocycles. The van der Waals surface area contributed by atoms with Crippen LogP contribution in [0.3, 0.4) is 0 Å². The first-order chi connectivity index (χ1) is 6.41. The molecule has 1 saturated carbocycles. The Labute approximate surface area is 87.3 Å². The van der Waals surface area contributed by atoms with Gasteiger partial charge in [0.2, 0.25) is 0 Å². The molecule has 0 atom stereocenters. The Morgan fingerprint density at radius 2 is 1.79 bits per heavy atom. The molecule has 0 unspecified atom stereocenters. The molecule has 0 bridgehead atoms. The minimum Gasteiger partial charge on any atom is -0.327 e. The van der Waals surface area contributed by atoms with Crippen molar-refractivity contribution in [2.75, 3.05) is 7.05 Å². The predicted molar refractivity (Wildman–Crippen MR) is 62.0 cm³/mol. The van der Waals surface area contributed by atoms with E-state index in [9.17, 15) is 4.79 Å². The van der Waals surface area contributed by atoms with Gasteiger partial charge in [-0.2, -0.15) is 5.10 Å². The SMILES string of the molecule is CN(/N=C1/CCCCC1=O)[Si](C)(C)C. The zero-order valence-corrected chi connectivity index (χ0v) is 10.6. The topological polar surface area (TPSA) is 32.7 Å². The van der Waals surface area contributed by atoms with Crippen molar-refractivity contribution < 1.29 is 4.79 Å². The predicted octanol–water partition coefficient (Wildman–Crippen LogP) is 2.25. The molecule has 1 aliphatic rings. The maximum atomic E-state index is 11.5. The monoisotopic (exact) mass is 212 g/mol. The average molecular weight is 212 g/mol. The largest absolute Gasteiger partial charge is 0.327 e. The van der Waals surface area contributed by atoms with Crippen LogP contribution in [0.1, 0.15) is 25.7 Å². The highest BCUT2D eigenvalue weighted by Gasteiger charge is 2.22. The van der Waals surface area contributed by atoms with Crippen LogP contribution in [-0.2, 0) is 4.79 Å². The fourth-order valence-corrected chi connectivity index (χ4v) is 1.72. The van der Waals surface area contributed by atoms with Crippen LogP contribution in [0.5, 0.6) is 0 Å². The van der Waals surface area contributed by atoms with Crippen LogP contribution in [0.4, 0.5) is 0 Å². The lowest BCUT2D eigenvalue weighted by atomic mass is 9.97. The van der Waals surface area contributed by atoms with Crippen molar-refractivity contribution >= 4 is 19.7 Å². The number of Topliss-reactive ketones (excluding diaryl/α,β-unsaturated/α-hetero) is 1. The number of hydrogen-bond donors (Lipinski definition) is 0. The van der Waals surface area contributed by atoms with Gasteiger partial charge in [0.15, 0.2) is 14.0 Å². The summed E-state index contributed by atoms with van der Waals surface area (Å²) in [6, 6.07) is 0. The second-order valence-electron chi connectivity index (χ2n) is 4.87. The van der Waals surface area contributed by atoms with Gasteiger partial charge < -0.3 is 4.67 Å². The van der Waals surface area contributed by atoms with Gasteiger partial charge in [0.25, 0.3) is 0 Å². The van der Waals surface area contributed by atoms with Crippen LogP contribution in [0, 0.1) is 0 Å². The normalized spacial score (nSPS) is 21.4. The van der Waals surface area contributed by atoms with Crippen LogP contribution >= 0.6 is 0 Å². The first-order valence-electron chi connectivity index (χ1n) is 5.26.